The fourth-order valence-electron chi connectivity index (χ4n) is 3.38. The van der Waals surface area contributed by atoms with E-state index in [9.17, 15) is 4.79 Å². The summed E-state index contributed by atoms with van der Waals surface area (Å²) in [5.74, 6) is 1.52. The molecule has 30 heavy (non-hydrogen) atoms. The molecule has 0 bridgehead atoms. The summed E-state index contributed by atoms with van der Waals surface area (Å²) in [6.45, 7) is 1.23. The van der Waals surface area contributed by atoms with Crippen LogP contribution in [-0.2, 0) is 11.2 Å². The van der Waals surface area contributed by atoms with Gasteiger partial charge in [-0.2, -0.15) is 4.98 Å². The Labute approximate surface area is 183 Å². The van der Waals surface area contributed by atoms with E-state index in [1.165, 1.54) is 0 Å². The van der Waals surface area contributed by atoms with Crippen molar-refractivity contribution in [1.29, 1.82) is 0 Å². The molecule has 0 spiro atoms. The minimum Gasteiger partial charge on any atom is -0.482 e. The van der Waals surface area contributed by atoms with E-state index in [4.69, 9.17) is 32.5 Å². The average molecular weight is 448 g/mol. The predicted octanol–water partition coefficient (Wildman–Crippen LogP) is 3.69. The Hall–Kier alpha value is -2.71. The number of aromatic nitrogens is 4. The molecule has 2 aromatic heterocycles. The Morgan fingerprint density at radius 2 is 2.20 bits per heavy atom. The molecule has 8 nitrogen and oxygen atoms in total. The largest absolute Gasteiger partial charge is 0.482 e. The fraction of sp³-hybridized carbons (Fsp3) is 0.350. The molecule has 1 amide bonds. The molecule has 1 aliphatic heterocycles. The van der Waals surface area contributed by atoms with Gasteiger partial charge in [0.2, 0.25) is 11.7 Å². The number of hydrogen-bond acceptors (Lipinski definition) is 7. The highest BCUT2D eigenvalue weighted by Crippen LogP contribution is 2.28. The molecule has 1 aliphatic rings. The molecule has 0 N–H and O–H groups in total. The topological polar surface area (TPSA) is 94.2 Å². The third-order valence-corrected chi connectivity index (χ3v) is 5.37. The van der Waals surface area contributed by atoms with Crippen LogP contribution in [0.15, 0.2) is 41.3 Å². The quantitative estimate of drug-likeness (QED) is 0.568. The van der Waals surface area contributed by atoms with E-state index in [2.05, 4.69) is 20.1 Å². The van der Waals surface area contributed by atoms with E-state index in [-0.39, 0.29) is 18.4 Å². The number of carbonyl (C=O) groups is 1. The second-order valence-electron chi connectivity index (χ2n) is 7.02. The Kier molecular flexibility index (Phi) is 6.44. The molecule has 3 heterocycles. The predicted molar refractivity (Wildman–Crippen MR) is 110 cm³/mol. The molecule has 0 radical (unpaired) electrons. The van der Waals surface area contributed by atoms with E-state index in [1.807, 2.05) is 0 Å². The number of benzene rings is 1. The van der Waals surface area contributed by atoms with Crippen LogP contribution in [-0.4, -0.2) is 50.6 Å². The lowest BCUT2D eigenvalue weighted by molar-refractivity contribution is -0.135. The highest BCUT2D eigenvalue weighted by atomic mass is 35.5. The first-order valence-corrected chi connectivity index (χ1v) is 10.3. The number of hydrogen-bond donors (Lipinski definition) is 0. The second-order valence-corrected chi connectivity index (χ2v) is 7.86. The van der Waals surface area contributed by atoms with Crippen molar-refractivity contribution in [2.24, 2.45) is 5.92 Å². The molecular formula is C20H19Cl2N5O3. The first kappa shape index (κ1) is 20.6. The van der Waals surface area contributed by atoms with E-state index in [0.29, 0.717) is 52.7 Å². The van der Waals surface area contributed by atoms with Crippen molar-refractivity contribution in [2.75, 3.05) is 19.7 Å². The number of nitrogens with zero attached hydrogens (tertiary/aromatic N) is 5. The summed E-state index contributed by atoms with van der Waals surface area (Å²) < 4.78 is 10.9. The van der Waals surface area contributed by atoms with E-state index >= 15 is 0 Å². The summed E-state index contributed by atoms with van der Waals surface area (Å²) in [7, 11) is 0. The zero-order valence-electron chi connectivity index (χ0n) is 16.0. The van der Waals surface area contributed by atoms with Crippen molar-refractivity contribution in [3.8, 4) is 17.3 Å². The Morgan fingerprint density at radius 3 is 3.00 bits per heavy atom. The number of carbonyl (C=O) groups excluding carboxylic acids is 1. The monoisotopic (exact) mass is 447 g/mol. The zero-order valence-corrected chi connectivity index (χ0v) is 17.5. The smallest absolute Gasteiger partial charge is 0.260 e. The molecule has 1 fully saturated rings. The van der Waals surface area contributed by atoms with Gasteiger partial charge >= 0.3 is 0 Å². The van der Waals surface area contributed by atoms with Gasteiger partial charge in [-0.15, -0.1) is 0 Å². The third-order valence-electron chi connectivity index (χ3n) is 4.84. The molecule has 4 rings (SSSR count). The van der Waals surface area contributed by atoms with Crippen LogP contribution in [0.1, 0.15) is 18.7 Å². The van der Waals surface area contributed by atoms with Crippen molar-refractivity contribution < 1.29 is 14.1 Å². The van der Waals surface area contributed by atoms with Crippen LogP contribution in [0.5, 0.6) is 5.75 Å². The van der Waals surface area contributed by atoms with Gasteiger partial charge in [0, 0.05) is 36.9 Å². The summed E-state index contributed by atoms with van der Waals surface area (Å²) in [6, 6.07) is 4.91. The Morgan fingerprint density at radius 1 is 1.30 bits per heavy atom. The highest BCUT2D eigenvalue weighted by molar-refractivity contribution is 6.35. The lowest BCUT2D eigenvalue weighted by Gasteiger charge is -2.32. The number of likely N-dealkylation sites (tertiary alicyclic amines) is 1. The number of amides is 1. The zero-order chi connectivity index (χ0) is 20.9. The molecule has 3 aromatic rings. The fourth-order valence-corrected chi connectivity index (χ4v) is 3.85. The summed E-state index contributed by atoms with van der Waals surface area (Å²) in [5.41, 5.74) is 0.561. The van der Waals surface area contributed by atoms with Crippen molar-refractivity contribution in [3.05, 3.63) is 52.7 Å². The molecule has 0 saturated carbocycles. The van der Waals surface area contributed by atoms with Gasteiger partial charge in [0.05, 0.1) is 11.2 Å². The maximum Gasteiger partial charge on any atom is 0.260 e. The third kappa shape index (κ3) is 5.06. The second kappa shape index (κ2) is 9.40. The van der Waals surface area contributed by atoms with Crippen LogP contribution < -0.4 is 4.74 Å². The maximum absolute atomic E-state index is 12.6. The van der Waals surface area contributed by atoms with E-state index in [1.54, 1.807) is 41.7 Å². The van der Waals surface area contributed by atoms with Gasteiger partial charge < -0.3 is 14.2 Å². The van der Waals surface area contributed by atoms with Gasteiger partial charge in [0.25, 0.3) is 5.91 Å². The first-order valence-electron chi connectivity index (χ1n) is 9.53. The summed E-state index contributed by atoms with van der Waals surface area (Å²) in [4.78, 5) is 27.0. The van der Waals surface area contributed by atoms with Gasteiger partial charge in [0.1, 0.15) is 11.4 Å². The van der Waals surface area contributed by atoms with Crippen LogP contribution in [0, 0.1) is 5.92 Å². The van der Waals surface area contributed by atoms with Gasteiger partial charge in [-0.25, -0.2) is 4.98 Å². The Bertz CT molecular complexity index is 1010. The highest BCUT2D eigenvalue weighted by Gasteiger charge is 2.26. The van der Waals surface area contributed by atoms with Crippen molar-refractivity contribution >= 4 is 29.1 Å². The SMILES string of the molecule is O=C(COc1ccc(Cl)cc1Cl)N1CCC[C@H](Cc2nc(-c3cnccn3)no2)C1. The van der Waals surface area contributed by atoms with Crippen LogP contribution in [0.3, 0.4) is 0 Å². The van der Waals surface area contributed by atoms with Crippen LogP contribution in [0.4, 0.5) is 0 Å². The van der Waals surface area contributed by atoms with Crippen molar-refractivity contribution in [1.82, 2.24) is 25.0 Å². The summed E-state index contributed by atoms with van der Waals surface area (Å²) >= 11 is 12.0. The maximum atomic E-state index is 12.6. The van der Waals surface area contributed by atoms with Crippen LogP contribution in [0.2, 0.25) is 10.0 Å². The van der Waals surface area contributed by atoms with Gasteiger partial charge in [-0.05, 0) is 37.0 Å². The van der Waals surface area contributed by atoms with Gasteiger partial charge in [-0.1, -0.05) is 28.4 Å². The molecule has 1 atom stereocenters. The van der Waals surface area contributed by atoms with Crippen molar-refractivity contribution in [3.63, 3.8) is 0 Å². The van der Waals surface area contributed by atoms with E-state index < -0.39 is 0 Å². The molecule has 0 unspecified atom stereocenters. The molecule has 156 valence electrons. The normalized spacial score (nSPS) is 16.5. The minimum absolute atomic E-state index is 0.0779. The summed E-state index contributed by atoms with van der Waals surface area (Å²) in [5, 5.41) is 4.86. The number of rotatable bonds is 6. The minimum atomic E-state index is -0.0866. The summed E-state index contributed by atoms with van der Waals surface area (Å²) in [6.07, 6.45) is 7.24. The number of piperidine rings is 1. The standard InChI is InChI=1S/C20H19Cl2N5O3/c21-14-3-4-17(15(22)9-14)29-12-19(28)27-7-1-2-13(11-27)8-18-25-20(26-30-18)16-10-23-5-6-24-16/h3-6,9-10,13H,1-2,7-8,11-12H2/t13-/m1/s1. The van der Waals surface area contributed by atoms with Gasteiger partial charge in [0.15, 0.2) is 6.61 Å². The molecule has 1 saturated heterocycles. The van der Waals surface area contributed by atoms with Crippen LogP contribution >= 0.6 is 23.2 Å². The number of halogens is 2. The number of ether oxygens (including phenoxy) is 1. The molecule has 1 aromatic carbocycles. The molecule has 0 aliphatic carbocycles. The average Bonchev–Trinajstić information content (AvgIpc) is 3.22. The first-order chi connectivity index (χ1) is 14.6. The van der Waals surface area contributed by atoms with Crippen molar-refractivity contribution in [2.45, 2.75) is 19.3 Å². The molecular weight excluding hydrogens is 429 g/mol. The lowest BCUT2D eigenvalue weighted by Crippen LogP contribution is -2.42. The lowest BCUT2D eigenvalue weighted by atomic mass is 9.95. The van der Waals surface area contributed by atoms with E-state index in [0.717, 1.165) is 12.8 Å². The van der Waals surface area contributed by atoms with Crippen LogP contribution in [0.25, 0.3) is 11.5 Å². The Balaban J connectivity index is 1.32. The van der Waals surface area contributed by atoms with Gasteiger partial charge in [-0.3, -0.25) is 9.78 Å². The molecule has 10 heteroatoms.